The summed E-state index contributed by atoms with van der Waals surface area (Å²) in [6.07, 6.45) is -4.28. The van der Waals surface area contributed by atoms with Gasteiger partial charge in [0.1, 0.15) is 31.0 Å². The first-order valence-electron chi connectivity index (χ1n) is 14.3. The molecule has 2 aliphatic rings. The van der Waals surface area contributed by atoms with E-state index in [2.05, 4.69) is 25.6 Å². The highest BCUT2D eigenvalue weighted by atomic mass is 16.6. The Bertz CT molecular complexity index is 1760. The molecular weight excluding hydrogens is 588 g/mol. The summed E-state index contributed by atoms with van der Waals surface area (Å²) < 4.78 is 12.6. The third kappa shape index (κ3) is 5.87. The fraction of sp³-hybridized carbons (Fsp3) is 0.333. The van der Waals surface area contributed by atoms with E-state index in [4.69, 9.17) is 9.47 Å². The van der Waals surface area contributed by atoms with Gasteiger partial charge in [-0.1, -0.05) is 48.5 Å². The Morgan fingerprint density at radius 2 is 1.71 bits per heavy atom. The number of aliphatic carboxylic acids is 1. The monoisotopic (exact) mass is 618 g/mol. The Morgan fingerprint density at radius 3 is 2.40 bits per heavy atom. The molecule has 2 aromatic heterocycles. The summed E-state index contributed by atoms with van der Waals surface area (Å²) in [6, 6.07) is 14.4. The molecule has 0 unspecified atom stereocenters. The first-order valence-corrected chi connectivity index (χ1v) is 14.3. The summed E-state index contributed by atoms with van der Waals surface area (Å²) >= 11 is 0. The number of hydrogen-bond donors (Lipinski definition) is 6. The Balaban J connectivity index is 1.08. The van der Waals surface area contributed by atoms with Crippen LogP contribution in [0.25, 0.3) is 22.3 Å². The maximum Gasteiger partial charge on any atom is 0.407 e. The van der Waals surface area contributed by atoms with E-state index < -0.39 is 60.5 Å². The number of nitrogens with zero attached hydrogens (tertiary/aromatic N) is 3. The number of aliphatic hydroxyl groups is 2. The smallest absolute Gasteiger partial charge is 0.407 e. The lowest BCUT2D eigenvalue weighted by atomic mass is 9.98. The zero-order chi connectivity index (χ0) is 31.7. The standard InChI is InChI=1S/C30H30N6O9/c37-22(38)10-9-20(35-30(43)44-12-19-17-7-3-1-5-15(17)16-6-2-4-8-18(16)19)27(41)31-11-21-24(39)25(40)29(45-21)36-14-34-23-26(36)32-13-33-28(23)42/h1-8,13-14,19-21,24-25,29,39-40H,9-12H2,(H,31,41)(H,35,43)(H,37,38)(H,32,33,42)/t20-,21+,24+,25+,29+/m0/s1. The highest BCUT2D eigenvalue weighted by Crippen LogP contribution is 2.44. The number of aliphatic hydroxyl groups excluding tert-OH is 2. The van der Waals surface area contributed by atoms with Crippen molar-refractivity contribution in [1.29, 1.82) is 0 Å². The Kier molecular flexibility index (Phi) is 8.30. The molecule has 1 aliphatic heterocycles. The van der Waals surface area contributed by atoms with Gasteiger partial charge in [-0.15, -0.1) is 0 Å². The molecule has 6 rings (SSSR count). The van der Waals surface area contributed by atoms with E-state index in [1.165, 1.54) is 17.2 Å². The number of ether oxygens (including phenoxy) is 2. The molecule has 45 heavy (non-hydrogen) atoms. The largest absolute Gasteiger partial charge is 0.481 e. The van der Waals surface area contributed by atoms with Crippen molar-refractivity contribution in [2.24, 2.45) is 0 Å². The van der Waals surface area contributed by atoms with Crippen LogP contribution in [-0.2, 0) is 19.1 Å². The quantitative estimate of drug-likeness (QED) is 0.145. The van der Waals surface area contributed by atoms with Crippen LogP contribution in [0, 0.1) is 0 Å². The SMILES string of the molecule is O=C(O)CC[C@H](NC(=O)OCC1c2ccccc2-c2ccccc21)C(=O)NC[C@H]1O[C@@H](n2cnc3c(=O)[nH]cnc32)[C@H](O)[C@@H]1O. The normalized spacial score (nSPS) is 21.2. The van der Waals surface area contributed by atoms with Crippen LogP contribution in [-0.4, -0.2) is 90.3 Å². The van der Waals surface area contributed by atoms with Gasteiger partial charge >= 0.3 is 12.1 Å². The number of nitrogens with one attached hydrogen (secondary N) is 3. The van der Waals surface area contributed by atoms with E-state index in [1.807, 2.05) is 48.5 Å². The number of benzene rings is 2. The third-order valence-electron chi connectivity index (χ3n) is 8.05. The molecule has 15 nitrogen and oxygen atoms in total. The van der Waals surface area contributed by atoms with Crippen molar-refractivity contribution in [2.45, 2.75) is 49.3 Å². The van der Waals surface area contributed by atoms with Gasteiger partial charge < -0.3 is 40.4 Å². The second-order valence-corrected chi connectivity index (χ2v) is 10.8. The van der Waals surface area contributed by atoms with E-state index in [9.17, 15) is 34.5 Å². The summed E-state index contributed by atoms with van der Waals surface area (Å²) in [5.41, 5.74) is 3.76. The second-order valence-electron chi connectivity index (χ2n) is 10.8. The number of aromatic amines is 1. The van der Waals surface area contributed by atoms with Gasteiger partial charge in [-0.25, -0.2) is 14.8 Å². The number of alkyl carbamates (subject to hydrolysis) is 1. The minimum atomic E-state index is -1.45. The molecule has 3 heterocycles. The van der Waals surface area contributed by atoms with Crippen LogP contribution in [0.4, 0.5) is 4.79 Å². The van der Waals surface area contributed by atoms with E-state index in [-0.39, 0.29) is 36.7 Å². The van der Waals surface area contributed by atoms with E-state index in [1.54, 1.807) is 0 Å². The third-order valence-corrected chi connectivity index (χ3v) is 8.05. The zero-order valence-electron chi connectivity index (χ0n) is 23.7. The summed E-state index contributed by atoms with van der Waals surface area (Å²) in [7, 11) is 0. The van der Waals surface area contributed by atoms with Crippen LogP contribution in [0.5, 0.6) is 0 Å². The lowest BCUT2D eigenvalue weighted by Gasteiger charge is -2.21. The molecule has 1 aliphatic carbocycles. The van der Waals surface area contributed by atoms with Crippen LogP contribution in [0.1, 0.15) is 36.1 Å². The molecule has 1 fully saturated rings. The van der Waals surface area contributed by atoms with E-state index in [0.717, 1.165) is 22.3 Å². The van der Waals surface area contributed by atoms with Crippen molar-refractivity contribution in [3.63, 3.8) is 0 Å². The van der Waals surface area contributed by atoms with E-state index in [0.29, 0.717) is 0 Å². The number of aromatic nitrogens is 4. The number of imidazole rings is 1. The van der Waals surface area contributed by atoms with Crippen LogP contribution >= 0.6 is 0 Å². The number of H-pyrrole nitrogens is 1. The molecule has 6 N–H and O–H groups in total. The molecule has 0 bridgehead atoms. The van der Waals surface area contributed by atoms with Crippen molar-refractivity contribution in [2.75, 3.05) is 13.2 Å². The van der Waals surface area contributed by atoms with Gasteiger partial charge in [-0.05, 0) is 28.7 Å². The second kappa shape index (κ2) is 12.5. The molecule has 4 aromatic rings. The molecule has 2 amide bonds. The minimum Gasteiger partial charge on any atom is -0.481 e. The number of hydrogen-bond acceptors (Lipinski definition) is 10. The van der Waals surface area contributed by atoms with Crippen LogP contribution in [0.2, 0.25) is 0 Å². The summed E-state index contributed by atoms with van der Waals surface area (Å²) in [5, 5.41) is 35.5. The molecular formula is C30H30N6O9. The van der Waals surface area contributed by atoms with E-state index >= 15 is 0 Å². The molecule has 0 radical (unpaired) electrons. The number of carboxylic acid groups (broad SMARTS) is 1. The van der Waals surface area contributed by atoms with Crippen molar-refractivity contribution >= 4 is 29.1 Å². The highest BCUT2D eigenvalue weighted by molar-refractivity contribution is 5.86. The Labute approximate surface area is 254 Å². The summed E-state index contributed by atoms with van der Waals surface area (Å²) in [5.74, 6) is -2.11. The first kappa shape index (κ1) is 29.9. The Morgan fingerprint density at radius 1 is 1.02 bits per heavy atom. The highest BCUT2D eigenvalue weighted by Gasteiger charge is 2.44. The molecule has 234 valence electrons. The lowest BCUT2D eigenvalue weighted by molar-refractivity contribution is -0.137. The number of fused-ring (bicyclic) bond motifs is 4. The number of amides is 2. The number of carbonyl (C=O) groups excluding carboxylic acids is 2. The first-order chi connectivity index (χ1) is 21.7. The zero-order valence-corrected chi connectivity index (χ0v) is 23.7. The van der Waals surface area contributed by atoms with Crippen molar-refractivity contribution < 1.29 is 39.2 Å². The van der Waals surface area contributed by atoms with Gasteiger partial charge in [0.15, 0.2) is 17.4 Å². The molecule has 2 aromatic carbocycles. The van der Waals surface area contributed by atoms with Gasteiger partial charge in [0.2, 0.25) is 5.91 Å². The lowest BCUT2D eigenvalue weighted by Crippen LogP contribution is -2.50. The summed E-state index contributed by atoms with van der Waals surface area (Å²) in [6.45, 7) is -0.289. The fourth-order valence-corrected chi connectivity index (χ4v) is 5.82. The minimum absolute atomic E-state index is 0.00182. The Hall–Kier alpha value is -5.12. The number of carbonyl (C=O) groups is 3. The number of carboxylic acids is 1. The summed E-state index contributed by atoms with van der Waals surface area (Å²) in [4.78, 5) is 59.6. The fourth-order valence-electron chi connectivity index (χ4n) is 5.82. The molecule has 1 saturated heterocycles. The molecule has 0 spiro atoms. The van der Waals surface area contributed by atoms with Crippen LogP contribution in [0.15, 0.2) is 66.0 Å². The maximum atomic E-state index is 13.1. The van der Waals surface area contributed by atoms with Gasteiger partial charge in [-0.2, -0.15) is 0 Å². The molecule has 5 atom stereocenters. The van der Waals surface area contributed by atoms with Crippen molar-refractivity contribution in [1.82, 2.24) is 30.2 Å². The topological polar surface area (TPSA) is 218 Å². The van der Waals surface area contributed by atoms with Crippen molar-refractivity contribution in [3.05, 3.63) is 82.7 Å². The number of rotatable bonds is 10. The molecule has 15 heteroatoms. The predicted molar refractivity (Wildman–Crippen MR) is 156 cm³/mol. The van der Waals surface area contributed by atoms with Gasteiger partial charge in [0, 0.05) is 18.9 Å². The van der Waals surface area contributed by atoms with Gasteiger partial charge in [0.25, 0.3) is 5.56 Å². The van der Waals surface area contributed by atoms with Gasteiger partial charge in [-0.3, -0.25) is 19.0 Å². The average molecular weight is 619 g/mol. The van der Waals surface area contributed by atoms with Gasteiger partial charge in [0.05, 0.1) is 12.7 Å². The van der Waals surface area contributed by atoms with Crippen LogP contribution < -0.4 is 16.2 Å². The van der Waals surface area contributed by atoms with Crippen molar-refractivity contribution in [3.8, 4) is 11.1 Å². The predicted octanol–water partition coefficient (Wildman–Crippen LogP) is 0.627. The van der Waals surface area contributed by atoms with Crippen LogP contribution in [0.3, 0.4) is 0 Å². The molecule has 0 saturated carbocycles. The maximum absolute atomic E-state index is 13.1. The average Bonchev–Trinajstić information content (AvgIpc) is 3.69.